The lowest BCUT2D eigenvalue weighted by Crippen LogP contribution is -2.44. The van der Waals surface area contributed by atoms with Crippen molar-refractivity contribution in [2.24, 2.45) is 5.92 Å². The third-order valence-corrected chi connectivity index (χ3v) is 3.85. The Kier molecular flexibility index (Phi) is 5.63. The first-order valence-electron chi connectivity index (χ1n) is 6.94. The highest BCUT2D eigenvalue weighted by molar-refractivity contribution is 7.85. The fraction of sp³-hybridized carbons (Fsp3) is 0.923. The van der Waals surface area contributed by atoms with Gasteiger partial charge in [-0.3, -0.25) is 4.18 Å². The number of hydrogen-bond acceptors (Lipinski definition) is 6. The van der Waals surface area contributed by atoms with Gasteiger partial charge in [0.15, 0.2) is 0 Å². The van der Waals surface area contributed by atoms with Gasteiger partial charge in [0.2, 0.25) is 0 Å². The summed E-state index contributed by atoms with van der Waals surface area (Å²) < 4.78 is 31.5. The van der Waals surface area contributed by atoms with Crippen molar-refractivity contribution < 1.29 is 27.2 Å². The molecule has 0 saturated heterocycles. The molecule has 1 aliphatic rings. The average Bonchev–Trinajstić information content (AvgIpc) is 2.94. The van der Waals surface area contributed by atoms with E-state index in [1.807, 2.05) is 0 Å². The normalized spacial score (nSPS) is 25.5. The third kappa shape index (κ3) is 6.62. The van der Waals surface area contributed by atoms with E-state index < -0.39 is 27.4 Å². The summed E-state index contributed by atoms with van der Waals surface area (Å²) in [6.07, 6.45) is 2.33. The van der Waals surface area contributed by atoms with Crippen LogP contribution in [-0.2, 0) is 19.0 Å². The van der Waals surface area contributed by atoms with E-state index in [1.165, 1.54) is 0 Å². The molecule has 0 spiro atoms. The summed E-state index contributed by atoms with van der Waals surface area (Å²) in [7, 11) is -3.41. The second kappa shape index (κ2) is 6.50. The summed E-state index contributed by atoms with van der Waals surface area (Å²) in [6, 6.07) is 0. The van der Waals surface area contributed by atoms with Gasteiger partial charge in [-0.15, -0.1) is 0 Å². The van der Waals surface area contributed by atoms with Gasteiger partial charge in [-0.1, -0.05) is 0 Å². The number of amides is 1. The van der Waals surface area contributed by atoms with Crippen LogP contribution in [0.2, 0.25) is 0 Å². The standard InChI is InChI=1S/C13H25NO6S/c1-12(2,3)20-11(16)14-13(9-15)8-10(13)6-5-7-19-21(4,17)18/h10,15H,5-9H2,1-4H3,(H,14,16)/t10-,13+/m0/s1. The average molecular weight is 323 g/mol. The summed E-state index contributed by atoms with van der Waals surface area (Å²) in [5.74, 6) is 0.109. The molecule has 0 radical (unpaired) electrons. The molecular formula is C13H25NO6S. The molecule has 1 saturated carbocycles. The molecule has 21 heavy (non-hydrogen) atoms. The number of carbonyl (C=O) groups is 1. The highest BCUT2D eigenvalue weighted by atomic mass is 32.2. The zero-order valence-corrected chi connectivity index (χ0v) is 13.8. The topological polar surface area (TPSA) is 102 Å². The Labute approximate surface area is 126 Å². The number of carbonyl (C=O) groups excluding carboxylic acids is 1. The molecule has 8 heteroatoms. The Hall–Kier alpha value is -0.860. The molecule has 0 unspecified atom stereocenters. The summed E-state index contributed by atoms with van der Waals surface area (Å²) in [4.78, 5) is 11.7. The first-order chi connectivity index (χ1) is 9.47. The summed E-state index contributed by atoms with van der Waals surface area (Å²) in [6.45, 7) is 5.26. The molecule has 2 N–H and O–H groups in total. The van der Waals surface area contributed by atoms with E-state index in [2.05, 4.69) is 9.50 Å². The molecule has 124 valence electrons. The molecule has 0 aromatic carbocycles. The monoisotopic (exact) mass is 323 g/mol. The number of hydrogen-bond donors (Lipinski definition) is 2. The number of aliphatic hydroxyl groups excluding tert-OH is 1. The summed E-state index contributed by atoms with van der Waals surface area (Å²) >= 11 is 0. The van der Waals surface area contributed by atoms with Crippen molar-refractivity contribution in [1.29, 1.82) is 0 Å². The van der Waals surface area contributed by atoms with Crippen LogP contribution in [0.4, 0.5) is 4.79 Å². The van der Waals surface area contributed by atoms with Crippen LogP contribution in [0.15, 0.2) is 0 Å². The van der Waals surface area contributed by atoms with Crippen LogP contribution in [0.5, 0.6) is 0 Å². The van der Waals surface area contributed by atoms with E-state index in [4.69, 9.17) is 4.74 Å². The molecule has 1 fully saturated rings. The predicted molar refractivity (Wildman–Crippen MR) is 77.3 cm³/mol. The Balaban J connectivity index is 2.35. The zero-order chi connectivity index (χ0) is 16.3. The van der Waals surface area contributed by atoms with Crippen molar-refractivity contribution in [1.82, 2.24) is 5.32 Å². The zero-order valence-electron chi connectivity index (χ0n) is 13.0. The lowest BCUT2D eigenvalue weighted by Gasteiger charge is -2.23. The van der Waals surface area contributed by atoms with Crippen LogP contribution in [-0.4, -0.2) is 50.2 Å². The van der Waals surface area contributed by atoms with Crippen LogP contribution < -0.4 is 5.32 Å². The lowest BCUT2D eigenvalue weighted by molar-refractivity contribution is 0.0461. The third-order valence-electron chi connectivity index (χ3n) is 3.26. The van der Waals surface area contributed by atoms with Crippen LogP contribution in [0.25, 0.3) is 0 Å². The van der Waals surface area contributed by atoms with Crippen molar-refractivity contribution in [2.45, 2.75) is 51.2 Å². The summed E-state index contributed by atoms with van der Waals surface area (Å²) in [5.41, 5.74) is -1.23. The number of alkyl carbamates (subject to hydrolysis) is 1. The molecule has 0 aromatic heterocycles. The first kappa shape index (κ1) is 18.2. The molecule has 2 atom stereocenters. The Morgan fingerprint density at radius 1 is 1.43 bits per heavy atom. The van der Waals surface area contributed by atoms with Gasteiger partial charge in [-0.25, -0.2) is 4.79 Å². The maximum Gasteiger partial charge on any atom is 0.408 e. The minimum absolute atomic E-state index is 0.109. The second-order valence-corrected chi connectivity index (χ2v) is 8.15. The van der Waals surface area contributed by atoms with E-state index in [-0.39, 0.29) is 19.1 Å². The van der Waals surface area contributed by atoms with Gasteiger partial charge in [-0.05, 0) is 46.0 Å². The predicted octanol–water partition coefficient (Wildman–Crippen LogP) is 1.02. The number of aliphatic hydroxyl groups is 1. The van der Waals surface area contributed by atoms with Crippen LogP contribution in [0, 0.1) is 5.92 Å². The fourth-order valence-electron chi connectivity index (χ4n) is 2.19. The van der Waals surface area contributed by atoms with Crippen LogP contribution in [0.3, 0.4) is 0 Å². The van der Waals surface area contributed by atoms with Crippen molar-refractivity contribution in [3.8, 4) is 0 Å². The Morgan fingerprint density at radius 2 is 2.05 bits per heavy atom. The molecule has 0 heterocycles. The van der Waals surface area contributed by atoms with Gasteiger partial charge in [-0.2, -0.15) is 8.42 Å². The SMILES string of the molecule is CC(C)(C)OC(=O)N[C@@]1(CO)C[C@@H]1CCCOS(C)(=O)=O. The van der Waals surface area contributed by atoms with E-state index in [0.29, 0.717) is 19.3 Å². The van der Waals surface area contributed by atoms with E-state index in [1.54, 1.807) is 20.8 Å². The quantitative estimate of drug-likeness (QED) is 0.536. The minimum atomic E-state index is -3.41. The Morgan fingerprint density at radius 3 is 2.52 bits per heavy atom. The number of ether oxygens (including phenoxy) is 1. The maximum atomic E-state index is 11.7. The van der Waals surface area contributed by atoms with Gasteiger partial charge in [0.25, 0.3) is 10.1 Å². The number of nitrogens with one attached hydrogen (secondary N) is 1. The first-order valence-corrected chi connectivity index (χ1v) is 8.75. The molecular weight excluding hydrogens is 298 g/mol. The van der Waals surface area contributed by atoms with E-state index in [0.717, 1.165) is 6.26 Å². The highest BCUT2D eigenvalue weighted by Gasteiger charge is 2.54. The van der Waals surface area contributed by atoms with Gasteiger partial charge in [0.05, 0.1) is 25.0 Å². The maximum absolute atomic E-state index is 11.7. The van der Waals surface area contributed by atoms with Gasteiger partial charge in [0.1, 0.15) is 5.60 Å². The van der Waals surface area contributed by atoms with Crippen LogP contribution in [0.1, 0.15) is 40.0 Å². The van der Waals surface area contributed by atoms with Gasteiger partial charge >= 0.3 is 6.09 Å². The smallest absolute Gasteiger partial charge is 0.408 e. The van der Waals surface area contributed by atoms with E-state index in [9.17, 15) is 18.3 Å². The number of rotatable bonds is 7. The minimum Gasteiger partial charge on any atom is -0.444 e. The van der Waals surface area contributed by atoms with Gasteiger partial charge in [0, 0.05) is 0 Å². The Bertz CT molecular complexity index is 470. The molecule has 0 aromatic rings. The summed E-state index contributed by atoms with van der Waals surface area (Å²) in [5, 5.41) is 12.2. The fourth-order valence-corrected chi connectivity index (χ4v) is 2.61. The van der Waals surface area contributed by atoms with Gasteiger partial charge < -0.3 is 15.2 Å². The van der Waals surface area contributed by atoms with E-state index >= 15 is 0 Å². The molecule has 1 rings (SSSR count). The molecule has 0 aliphatic heterocycles. The lowest BCUT2D eigenvalue weighted by atomic mass is 10.1. The molecule has 1 aliphatic carbocycles. The largest absolute Gasteiger partial charge is 0.444 e. The second-order valence-electron chi connectivity index (χ2n) is 6.51. The van der Waals surface area contributed by atoms with Crippen molar-refractivity contribution >= 4 is 16.2 Å². The van der Waals surface area contributed by atoms with Crippen molar-refractivity contribution in [3.05, 3.63) is 0 Å². The molecule has 1 amide bonds. The van der Waals surface area contributed by atoms with Crippen LogP contribution >= 0.6 is 0 Å². The highest BCUT2D eigenvalue weighted by Crippen LogP contribution is 2.46. The molecule has 7 nitrogen and oxygen atoms in total. The van der Waals surface area contributed by atoms with Crippen molar-refractivity contribution in [2.75, 3.05) is 19.5 Å². The molecule has 0 bridgehead atoms. The van der Waals surface area contributed by atoms with Crippen molar-refractivity contribution in [3.63, 3.8) is 0 Å².